The van der Waals surface area contributed by atoms with Crippen molar-refractivity contribution in [2.75, 3.05) is 5.32 Å². The molecule has 98 valence electrons. The number of hydrogen-bond acceptors (Lipinski definition) is 2. The molecule has 1 aromatic heterocycles. The molecular weight excluding hydrogens is 260 g/mol. The first kappa shape index (κ1) is 14.4. The van der Waals surface area contributed by atoms with E-state index in [0.29, 0.717) is 12.1 Å². The molecule has 1 heterocycles. The van der Waals surface area contributed by atoms with Crippen molar-refractivity contribution in [3.05, 3.63) is 47.8 Å². The summed E-state index contributed by atoms with van der Waals surface area (Å²) in [6.07, 6.45) is 3.52. The highest BCUT2D eigenvalue weighted by Crippen LogP contribution is 2.11. The van der Waals surface area contributed by atoms with E-state index in [1.807, 2.05) is 13.1 Å². The maximum absolute atomic E-state index is 12.9. The van der Waals surface area contributed by atoms with Crippen LogP contribution in [0.4, 0.5) is 14.5 Å². The number of aromatic nitrogens is 2. The maximum Gasteiger partial charge on any atom is 0.126 e. The molecule has 0 radical (unpaired) electrons. The minimum atomic E-state index is -0.564. The summed E-state index contributed by atoms with van der Waals surface area (Å²) < 4.78 is 27.6. The van der Waals surface area contributed by atoms with Crippen molar-refractivity contribution in [1.82, 2.24) is 9.78 Å². The van der Waals surface area contributed by atoms with Crippen LogP contribution in [0.1, 0.15) is 12.5 Å². The summed E-state index contributed by atoms with van der Waals surface area (Å²) in [6, 6.07) is 3.47. The molecule has 2 aromatic rings. The first-order valence-electron chi connectivity index (χ1n) is 5.38. The fourth-order valence-corrected chi connectivity index (χ4v) is 1.54. The topological polar surface area (TPSA) is 29.9 Å². The van der Waals surface area contributed by atoms with E-state index in [1.54, 1.807) is 10.9 Å². The zero-order chi connectivity index (χ0) is 12.3. The number of rotatable bonds is 4. The van der Waals surface area contributed by atoms with Crippen LogP contribution >= 0.6 is 12.4 Å². The molecule has 0 atom stereocenters. The molecule has 1 aromatic carbocycles. The van der Waals surface area contributed by atoms with Gasteiger partial charge in [0.15, 0.2) is 0 Å². The second-order valence-corrected chi connectivity index (χ2v) is 3.72. The van der Waals surface area contributed by atoms with E-state index in [0.717, 1.165) is 18.3 Å². The van der Waals surface area contributed by atoms with Crippen molar-refractivity contribution in [3.63, 3.8) is 0 Å². The van der Waals surface area contributed by atoms with Gasteiger partial charge in [0.25, 0.3) is 0 Å². The highest BCUT2D eigenvalue weighted by Gasteiger charge is 2.01. The van der Waals surface area contributed by atoms with E-state index in [1.165, 1.54) is 12.1 Å². The fourth-order valence-electron chi connectivity index (χ4n) is 1.54. The molecule has 6 heteroatoms. The Morgan fingerprint density at radius 2 is 1.89 bits per heavy atom. The first-order valence-corrected chi connectivity index (χ1v) is 5.38. The zero-order valence-electron chi connectivity index (χ0n) is 9.86. The standard InChI is InChI=1S/C12H13F2N3.ClH/c1-2-17-8-12(7-16-17)15-6-9-3-10(13)5-11(14)4-9;/h3-5,7-8,15H,2,6H2,1H3;1H. The van der Waals surface area contributed by atoms with Crippen molar-refractivity contribution in [3.8, 4) is 0 Å². The number of anilines is 1. The van der Waals surface area contributed by atoms with E-state index in [4.69, 9.17) is 0 Å². The third-order valence-electron chi connectivity index (χ3n) is 2.38. The van der Waals surface area contributed by atoms with Crippen LogP contribution in [0.2, 0.25) is 0 Å². The van der Waals surface area contributed by atoms with Crippen LogP contribution in [0.5, 0.6) is 0 Å². The molecule has 0 aliphatic rings. The smallest absolute Gasteiger partial charge is 0.126 e. The second-order valence-electron chi connectivity index (χ2n) is 3.72. The molecule has 3 nitrogen and oxygen atoms in total. The third-order valence-corrected chi connectivity index (χ3v) is 2.38. The average molecular weight is 274 g/mol. The number of hydrogen-bond donors (Lipinski definition) is 1. The monoisotopic (exact) mass is 273 g/mol. The molecule has 0 amide bonds. The van der Waals surface area contributed by atoms with Crippen LogP contribution < -0.4 is 5.32 Å². The quantitative estimate of drug-likeness (QED) is 0.927. The molecule has 0 bridgehead atoms. The van der Waals surface area contributed by atoms with Gasteiger partial charge >= 0.3 is 0 Å². The van der Waals surface area contributed by atoms with Gasteiger partial charge < -0.3 is 5.32 Å². The molecular formula is C12H14ClF2N3. The second kappa shape index (κ2) is 6.35. The van der Waals surface area contributed by atoms with E-state index >= 15 is 0 Å². The fraction of sp³-hybridized carbons (Fsp3) is 0.250. The van der Waals surface area contributed by atoms with Gasteiger partial charge in [-0.1, -0.05) is 0 Å². The largest absolute Gasteiger partial charge is 0.378 e. The number of benzene rings is 1. The Balaban J connectivity index is 0.00000162. The molecule has 0 aliphatic heterocycles. The van der Waals surface area contributed by atoms with E-state index in [9.17, 15) is 8.78 Å². The molecule has 0 unspecified atom stereocenters. The first-order chi connectivity index (χ1) is 8.17. The lowest BCUT2D eigenvalue weighted by molar-refractivity contribution is 0.580. The minimum Gasteiger partial charge on any atom is -0.378 e. The Labute approximate surface area is 110 Å². The van der Waals surface area contributed by atoms with Crippen LogP contribution in [0, 0.1) is 11.6 Å². The third kappa shape index (κ3) is 3.70. The van der Waals surface area contributed by atoms with Gasteiger partial charge in [-0.3, -0.25) is 4.68 Å². The lowest BCUT2D eigenvalue weighted by Crippen LogP contribution is -2.00. The van der Waals surface area contributed by atoms with Crippen LogP contribution in [-0.4, -0.2) is 9.78 Å². The van der Waals surface area contributed by atoms with Crippen LogP contribution in [0.3, 0.4) is 0 Å². The van der Waals surface area contributed by atoms with Crippen molar-refractivity contribution in [1.29, 1.82) is 0 Å². The molecule has 0 saturated heterocycles. The van der Waals surface area contributed by atoms with Gasteiger partial charge in [0, 0.05) is 25.4 Å². The van der Waals surface area contributed by atoms with Crippen molar-refractivity contribution in [2.45, 2.75) is 20.0 Å². The average Bonchev–Trinajstić information content (AvgIpc) is 2.73. The van der Waals surface area contributed by atoms with Gasteiger partial charge in [-0.05, 0) is 24.6 Å². The molecule has 0 aliphatic carbocycles. The van der Waals surface area contributed by atoms with Gasteiger partial charge in [-0.25, -0.2) is 8.78 Å². The maximum atomic E-state index is 12.9. The lowest BCUT2D eigenvalue weighted by Gasteiger charge is -2.04. The van der Waals surface area contributed by atoms with Crippen LogP contribution in [0.15, 0.2) is 30.6 Å². The number of nitrogens with one attached hydrogen (secondary N) is 1. The Kier molecular flexibility index (Phi) is 5.09. The van der Waals surface area contributed by atoms with E-state index in [2.05, 4.69) is 10.4 Å². The Morgan fingerprint density at radius 1 is 1.22 bits per heavy atom. The molecule has 0 saturated carbocycles. The van der Waals surface area contributed by atoms with Gasteiger partial charge in [0.05, 0.1) is 11.9 Å². The normalized spacial score (nSPS) is 9.94. The lowest BCUT2D eigenvalue weighted by atomic mass is 10.2. The molecule has 18 heavy (non-hydrogen) atoms. The Bertz CT molecular complexity index is 494. The Morgan fingerprint density at radius 3 is 2.44 bits per heavy atom. The van der Waals surface area contributed by atoms with Crippen LogP contribution in [0.25, 0.3) is 0 Å². The predicted octanol–water partition coefficient (Wildman–Crippen LogP) is 3.22. The van der Waals surface area contributed by atoms with Crippen LogP contribution in [-0.2, 0) is 13.1 Å². The number of aryl methyl sites for hydroxylation is 1. The molecule has 0 spiro atoms. The van der Waals surface area contributed by atoms with Gasteiger partial charge in [0.1, 0.15) is 11.6 Å². The summed E-state index contributed by atoms with van der Waals surface area (Å²) >= 11 is 0. The SMILES string of the molecule is CCn1cc(NCc2cc(F)cc(F)c2)cn1.Cl. The highest BCUT2D eigenvalue weighted by molar-refractivity contribution is 5.85. The number of nitrogens with zero attached hydrogens (tertiary/aromatic N) is 2. The van der Waals surface area contributed by atoms with Crippen molar-refractivity contribution in [2.24, 2.45) is 0 Å². The predicted molar refractivity (Wildman–Crippen MR) is 68.8 cm³/mol. The summed E-state index contributed by atoms with van der Waals surface area (Å²) in [6.45, 7) is 3.14. The summed E-state index contributed by atoms with van der Waals surface area (Å²) in [5.74, 6) is -1.13. The summed E-state index contributed by atoms with van der Waals surface area (Å²) in [5, 5.41) is 7.14. The number of halogens is 3. The molecule has 2 rings (SSSR count). The summed E-state index contributed by atoms with van der Waals surface area (Å²) in [5.41, 5.74) is 1.39. The summed E-state index contributed by atoms with van der Waals surface area (Å²) in [7, 11) is 0. The molecule has 0 fully saturated rings. The van der Waals surface area contributed by atoms with Gasteiger partial charge in [-0.15, -0.1) is 12.4 Å². The highest BCUT2D eigenvalue weighted by atomic mass is 35.5. The van der Waals surface area contributed by atoms with Gasteiger partial charge in [0.2, 0.25) is 0 Å². The van der Waals surface area contributed by atoms with Crippen molar-refractivity contribution >= 4 is 18.1 Å². The van der Waals surface area contributed by atoms with Crippen molar-refractivity contribution < 1.29 is 8.78 Å². The van der Waals surface area contributed by atoms with E-state index < -0.39 is 11.6 Å². The Hall–Kier alpha value is -1.62. The van der Waals surface area contributed by atoms with E-state index in [-0.39, 0.29) is 12.4 Å². The summed E-state index contributed by atoms with van der Waals surface area (Å²) in [4.78, 5) is 0. The molecule has 1 N–H and O–H groups in total. The zero-order valence-corrected chi connectivity index (χ0v) is 10.7. The van der Waals surface area contributed by atoms with Gasteiger partial charge in [-0.2, -0.15) is 5.10 Å². The minimum absolute atomic E-state index is 0.